The van der Waals surface area contributed by atoms with Crippen LogP contribution < -0.4 is 10.1 Å². The summed E-state index contributed by atoms with van der Waals surface area (Å²) in [6.07, 6.45) is 0. The molecule has 1 aliphatic rings. The lowest BCUT2D eigenvalue weighted by molar-refractivity contribution is -0.123. The van der Waals surface area contributed by atoms with Crippen LogP contribution in [0.4, 0.5) is 5.69 Å². The van der Waals surface area contributed by atoms with Crippen molar-refractivity contribution >= 4 is 28.5 Å². The summed E-state index contributed by atoms with van der Waals surface area (Å²) >= 11 is 1.09. The highest BCUT2D eigenvalue weighted by Gasteiger charge is 2.37. The Morgan fingerprint density at radius 2 is 1.95 bits per heavy atom. The normalized spacial score (nSPS) is 16.4. The quantitative estimate of drug-likeness (QED) is 0.885. The van der Waals surface area contributed by atoms with Crippen molar-refractivity contribution in [3.05, 3.63) is 54.1 Å². The third-order valence-electron chi connectivity index (χ3n) is 3.28. The van der Waals surface area contributed by atoms with Gasteiger partial charge in [0, 0.05) is 10.6 Å². The fourth-order valence-corrected chi connectivity index (χ4v) is 3.29. The Bertz CT molecular complexity index is 700. The fourth-order valence-electron chi connectivity index (χ4n) is 2.25. The molecule has 1 unspecified atom stereocenters. The van der Waals surface area contributed by atoms with E-state index >= 15 is 0 Å². The van der Waals surface area contributed by atoms with Gasteiger partial charge in [-0.1, -0.05) is 36.0 Å². The second-order valence-electron chi connectivity index (χ2n) is 4.61. The minimum atomic E-state index is -0.767. The third-order valence-corrected chi connectivity index (χ3v) is 4.29. The van der Waals surface area contributed by atoms with Gasteiger partial charge in [0.15, 0.2) is 0 Å². The van der Waals surface area contributed by atoms with E-state index in [-0.39, 0.29) is 11.0 Å². The fraction of sp³-hybridized carbons (Fsp3) is 0.125. The second kappa shape index (κ2) is 5.61. The number of hydrogen-bond donors (Lipinski definition) is 1. The van der Waals surface area contributed by atoms with Crippen LogP contribution in [0.15, 0.2) is 53.4 Å². The van der Waals surface area contributed by atoms with Crippen molar-refractivity contribution in [1.29, 1.82) is 0 Å². The van der Waals surface area contributed by atoms with Gasteiger partial charge in [-0.2, -0.15) is 0 Å². The van der Waals surface area contributed by atoms with E-state index in [0.717, 1.165) is 22.2 Å². The van der Waals surface area contributed by atoms with Crippen molar-refractivity contribution in [1.82, 2.24) is 0 Å². The van der Waals surface area contributed by atoms with Gasteiger partial charge in [0.25, 0.3) is 0 Å². The van der Waals surface area contributed by atoms with Crippen LogP contribution in [0, 0.1) is 0 Å². The average molecular weight is 299 g/mol. The highest BCUT2D eigenvalue weighted by molar-refractivity contribution is 8.14. The molecule has 5 heteroatoms. The molecule has 0 aliphatic carbocycles. The summed E-state index contributed by atoms with van der Waals surface area (Å²) in [4.78, 5) is 25.3. The number of nitrogens with one attached hydrogen (secondary N) is 1. The minimum absolute atomic E-state index is 0.160. The van der Waals surface area contributed by atoms with E-state index in [9.17, 15) is 9.59 Å². The Hall–Kier alpha value is -2.27. The number of thioether (sulfide) groups is 1. The van der Waals surface area contributed by atoms with Gasteiger partial charge < -0.3 is 10.1 Å². The van der Waals surface area contributed by atoms with E-state index in [1.165, 1.54) is 0 Å². The first-order chi connectivity index (χ1) is 10.2. The lowest BCUT2D eigenvalue weighted by Gasteiger charge is -2.11. The van der Waals surface area contributed by atoms with Crippen molar-refractivity contribution in [2.24, 2.45) is 0 Å². The Kier molecular flexibility index (Phi) is 3.66. The van der Waals surface area contributed by atoms with E-state index < -0.39 is 5.92 Å². The number of fused-ring (bicyclic) bond motifs is 1. The molecule has 21 heavy (non-hydrogen) atoms. The summed E-state index contributed by atoms with van der Waals surface area (Å²) in [7, 11) is 1.57. The zero-order valence-electron chi connectivity index (χ0n) is 11.3. The number of amides is 1. The maximum absolute atomic E-state index is 12.4. The molecular weight excluding hydrogens is 286 g/mol. The lowest BCUT2D eigenvalue weighted by atomic mass is 9.99. The van der Waals surface area contributed by atoms with Crippen molar-refractivity contribution in [3.8, 4) is 5.75 Å². The Morgan fingerprint density at radius 1 is 1.19 bits per heavy atom. The van der Waals surface area contributed by atoms with Crippen molar-refractivity contribution in [2.75, 3.05) is 12.4 Å². The van der Waals surface area contributed by atoms with E-state index in [0.29, 0.717) is 11.4 Å². The molecule has 106 valence electrons. The summed E-state index contributed by atoms with van der Waals surface area (Å²) in [5.41, 5.74) is 1.42. The maximum Gasteiger partial charge on any atom is 0.240 e. The first kappa shape index (κ1) is 13.7. The number of carbonyl (C=O) groups excluding carboxylic acids is 2. The zero-order valence-corrected chi connectivity index (χ0v) is 12.1. The van der Waals surface area contributed by atoms with E-state index in [2.05, 4.69) is 5.32 Å². The van der Waals surface area contributed by atoms with Crippen LogP contribution in [-0.2, 0) is 9.59 Å². The molecule has 4 nitrogen and oxygen atoms in total. The summed E-state index contributed by atoms with van der Waals surface area (Å²) in [6.45, 7) is 0. The van der Waals surface area contributed by atoms with Gasteiger partial charge in [-0.25, -0.2) is 0 Å². The van der Waals surface area contributed by atoms with Crippen molar-refractivity contribution < 1.29 is 14.3 Å². The predicted octanol–water partition coefficient (Wildman–Crippen LogP) is 3.05. The molecule has 1 N–H and O–H groups in total. The number of hydrogen-bond acceptors (Lipinski definition) is 4. The van der Waals surface area contributed by atoms with Crippen LogP contribution in [-0.4, -0.2) is 18.1 Å². The van der Waals surface area contributed by atoms with Gasteiger partial charge in [-0.3, -0.25) is 9.59 Å². The number of methoxy groups -OCH3 is 1. The molecule has 0 aromatic heterocycles. The first-order valence-electron chi connectivity index (χ1n) is 6.44. The van der Waals surface area contributed by atoms with Gasteiger partial charge in [-0.15, -0.1) is 0 Å². The topological polar surface area (TPSA) is 55.4 Å². The summed E-state index contributed by atoms with van der Waals surface area (Å²) in [5, 5.41) is 2.62. The highest BCUT2D eigenvalue weighted by Crippen LogP contribution is 2.43. The van der Waals surface area contributed by atoms with Gasteiger partial charge in [-0.05, 0) is 29.8 Å². The number of ether oxygens (including phenoxy) is 1. The van der Waals surface area contributed by atoms with Crippen LogP contribution in [0.25, 0.3) is 0 Å². The Labute approximate surface area is 126 Å². The lowest BCUT2D eigenvalue weighted by Crippen LogP contribution is -2.23. The Morgan fingerprint density at radius 3 is 2.67 bits per heavy atom. The molecule has 1 aliphatic heterocycles. The van der Waals surface area contributed by atoms with Gasteiger partial charge in [0.05, 0.1) is 7.11 Å². The number of carbonyl (C=O) groups is 2. The summed E-state index contributed by atoms with van der Waals surface area (Å²) in [6, 6.07) is 14.4. The first-order valence-corrected chi connectivity index (χ1v) is 7.26. The minimum Gasteiger partial charge on any atom is -0.497 e. The van der Waals surface area contributed by atoms with Gasteiger partial charge in [0.1, 0.15) is 11.7 Å². The molecule has 0 spiro atoms. The largest absolute Gasteiger partial charge is 0.497 e. The van der Waals surface area contributed by atoms with Crippen molar-refractivity contribution in [2.45, 2.75) is 10.8 Å². The molecule has 0 saturated carbocycles. The summed E-state index contributed by atoms with van der Waals surface area (Å²) in [5.74, 6) is -0.392. The molecule has 1 amide bonds. The second-order valence-corrected chi connectivity index (χ2v) is 5.66. The van der Waals surface area contributed by atoms with E-state index in [1.54, 1.807) is 37.4 Å². The molecule has 2 aromatic carbocycles. The van der Waals surface area contributed by atoms with Crippen LogP contribution in [0.2, 0.25) is 0 Å². The molecular formula is C16H13NO3S. The molecule has 3 rings (SSSR count). The standard InChI is InChI=1S/C16H13NO3S/c1-20-11-7-8-12-13(9-11)21-16(19)14(12)15(18)17-10-5-3-2-4-6-10/h2-9,14H,1H3,(H,17,18). The summed E-state index contributed by atoms with van der Waals surface area (Å²) < 4.78 is 5.14. The van der Waals surface area contributed by atoms with Crippen LogP contribution >= 0.6 is 11.8 Å². The molecule has 0 fully saturated rings. The Balaban J connectivity index is 1.86. The molecule has 0 bridgehead atoms. The van der Waals surface area contributed by atoms with E-state index in [1.807, 2.05) is 18.2 Å². The number of rotatable bonds is 3. The smallest absolute Gasteiger partial charge is 0.240 e. The van der Waals surface area contributed by atoms with Gasteiger partial charge in [0.2, 0.25) is 11.0 Å². The SMILES string of the molecule is COc1ccc2c(c1)SC(=O)C2C(=O)Nc1ccccc1. The predicted molar refractivity (Wildman–Crippen MR) is 81.7 cm³/mol. The third kappa shape index (κ3) is 2.64. The molecule has 2 aromatic rings. The average Bonchev–Trinajstić information content (AvgIpc) is 2.83. The van der Waals surface area contributed by atoms with E-state index in [4.69, 9.17) is 4.74 Å². The van der Waals surface area contributed by atoms with Gasteiger partial charge >= 0.3 is 0 Å². The van der Waals surface area contributed by atoms with Crippen LogP contribution in [0.1, 0.15) is 11.5 Å². The number of benzene rings is 2. The van der Waals surface area contributed by atoms with Crippen molar-refractivity contribution in [3.63, 3.8) is 0 Å². The van der Waals surface area contributed by atoms with Crippen LogP contribution in [0.3, 0.4) is 0 Å². The van der Waals surface area contributed by atoms with Crippen LogP contribution in [0.5, 0.6) is 5.75 Å². The molecule has 1 heterocycles. The zero-order chi connectivity index (χ0) is 14.8. The molecule has 1 atom stereocenters. The highest BCUT2D eigenvalue weighted by atomic mass is 32.2. The molecule has 0 saturated heterocycles. The number of anilines is 1. The maximum atomic E-state index is 12.4. The number of para-hydroxylation sites is 1. The monoisotopic (exact) mass is 299 g/mol. The molecule has 0 radical (unpaired) electrons.